The zero-order chi connectivity index (χ0) is 12.9. The van der Waals surface area contributed by atoms with E-state index in [1.54, 1.807) is 11.3 Å². The van der Waals surface area contributed by atoms with E-state index in [2.05, 4.69) is 28.2 Å². The van der Waals surface area contributed by atoms with Gasteiger partial charge in [0.25, 0.3) is 0 Å². The average Bonchev–Trinajstić information content (AvgIpc) is 2.96. The minimum Gasteiger partial charge on any atom is -0.256 e. The van der Waals surface area contributed by atoms with Crippen LogP contribution in [0.4, 0.5) is 0 Å². The molecule has 0 N–H and O–H groups in total. The quantitative estimate of drug-likeness (QED) is 0.466. The van der Waals surface area contributed by atoms with Crippen molar-refractivity contribution in [1.29, 1.82) is 0 Å². The number of thiazole rings is 1. The van der Waals surface area contributed by atoms with Gasteiger partial charge in [-0.2, -0.15) is 0 Å². The highest BCUT2D eigenvalue weighted by atomic mass is 32.1. The van der Waals surface area contributed by atoms with Gasteiger partial charge >= 0.3 is 0 Å². The van der Waals surface area contributed by atoms with Crippen molar-refractivity contribution in [3.8, 4) is 0 Å². The lowest BCUT2D eigenvalue weighted by molar-refractivity contribution is 1.41. The van der Waals surface area contributed by atoms with Gasteiger partial charge in [-0.05, 0) is 24.3 Å². The smallest absolute Gasteiger partial charge is 0.0812 e. The normalized spacial score (nSPS) is 10.1. The van der Waals surface area contributed by atoms with Crippen LogP contribution in [0.5, 0.6) is 0 Å². The fourth-order valence-corrected chi connectivity index (χ4v) is 2.50. The third-order valence-electron chi connectivity index (χ3n) is 2.75. The molecule has 0 aliphatic carbocycles. The van der Waals surface area contributed by atoms with Gasteiger partial charge in [0.05, 0.1) is 21.2 Å². The molecule has 0 aliphatic heterocycles. The summed E-state index contributed by atoms with van der Waals surface area (Å²) >= 11 is 1.68. The molecule has 2 aromatic heterocycles. The second-order valence-electron chi connectivity index (χ2n) is 4.02. The van der Waals surface area contributed by atoms with E-state index < -0.39 is 0 Å². The zero-order valence-corrected chi connectivity index (χ0v) is 11.0. The topological polar surface area (TPSA) is 25.8 Å². The summed E-state index contributed by atoms with van der Waals surface area (Å²) in [7, 11) is 0. The Kier molecular flexibility index (Phi) is 3.47. The molecule has 0 saturated heterocycles. The fourth-order valence-electron chi connectivity index (χ4n) is 1.82. The molecule has 4 rings (SSSR count). The van der Waals surface area contributed by atoms with E-state index in [-0.39, 0.29) is 0 Å². The number of hydrogen-bond acceptors (Lipinski definition) is 3. The third kappa shape index (κ3) is 2.77. The van der Waals surface area contributed by atoms with Crippen LogP contribution in [0.3, 0.4) is 0 Å². The van der Waals surface area contributed by atoms with Crippen molar-refractivity contribution in [2.75, 3.05) is 0 Å². The number of aromatic nitrogens is 2. The molecule has 4 aromatic rings. The van der Waals surface area contributed by atoms with Gasteiger partial charge in [0.1, 0.15) is 0 Å². The predicted molar refractivity (Wildman–Crippen MR) is 81.4 cm³/mol. The Morgan fingerprint density at radius 3 is 2.26 bits per heavy atom. The maximum Gasteiger partial charge on any atom is 0.0812 e. The number of pyridine rings is 1. The van der Waals surface area contributed by atoms with Gasteiger partial charge in [-0.1, -0.05) is 36.4 Å². The highest BCUT2D eigenvalue weighted by Gasteiger charge is 1.89. The molecule has 0 spiro atoms. The Labute approximate surface area is 115 Å². The Morgan fingerprint density at radius 1 is 0.684 bits per heavy atom. The largest absolute Gasteiger partial charge is 0.256 e. The molecular formula is C16H12N2S. The predicted octanol–water partition coefficient (Wildman–Crippen LogP) is 4.53. The second kappa shape index (κ2) is 5.59. The molecule has 19 heavy (non-hydrogen) atoms. The molecule has 0 unspecified atom stereocenters. The van der Waals surface area contributed by atoms with E-state index in [0.717, 1.165) is 11.0 Å². The van der Waals surface area contributed by atoms with Crippen molar-refractivity contribution in [3.63, 3.8) is 0 Å². The lowest BCUT2D eigenvalue weighted by atomic mass is 10.2. The summed E-state index contributed by atoms with van der Waals surface area (Å²) in [5.74, 6) is 0. The highest BCUT2D eigenvalue weighted by Crippen LogP contribution is 2.15. The lowest BCUT2D eigenvalue weighted by Gasteiger charge is -1.91. The van der Waals surface area contributed by atoms with Crippen LogP contribution in [0.1, 0.15) is 0 Å². The van der Waals surface area contributed by atoms with Gasteiger partial charge in [-0.3, -0.25) is 4.98 Å². The lowest BCUT2D eigenvalue weighted by Crippen LogP contribution is -1.73. The van der Waals surface area contributed by atoms with Crippen LogP contribution in [-0.4, -0.2) is 9.97 Å². The molecule has 0 saturated carbocycles. The van der Waals surface area contributed by atoms with Gasteiger partial charge in [0, 0.05) is 11.6 Å². The van der Waals surface area contributed by atoms with Crippen LogP contribution >= 0.6 is 11.3 Å². The first-order valence-electron chi connectivity index (χ1n) is 6.01. The van der Waals surface area contributed by atoms with E-state index in [9.17, 15) is 0 Å². The molecule has 0 aliphatic rings. The molecule has 0 radical (unpaired) electrons. The first kappa shape index (κ1) is 11.8. The Bertz CT molecular complexity index is 697. The van der Waals surface area contributed by atoms with Crippen molar-refractivity contribution < 1.29 is 0 Å². The molecule has 0 amide bonds. The first-order chi connectivity index (χ1) is 9.43. The Balaban J connectivity index is 0.000000117. The standard InChI is InChI=1S/C9H7N.C7H5NS/c1-2-6-9-8(4-1)5-3-7-10-9;1-2-4-7-6(3-1)8-5-9-7/h1-7H;1-5H. The monoisotopic (exact) mass is 264 g/mol. The number of hydrogen-bond donors (Lipinski definition) is 0. The summed E-state index contributed by atoms with van der Waals surface area (Å²) in [5.41, 5.74) is 4.03. The molecule has 0 fully saturated rings. The van der Waals surface area contributed by atoms with E-state index in [0.29, 0.717) is 0 Å². The third-order valence-corrected chi connectivity index (χ3v) is 3.56. The number of para-hydroxylation sites is 2. The molecule has 3 heteroatoms. The Hall–Kier alpha value is -2.26. The number of rotatable bonds is 0. The average molecular weight is 264 g/mol. The molecular weight excluding hydrogens is 252 g/mol. The minimum absolute atomic E-state index is 1.06. The van der Waals surface area contributed by atoms with E-state index in [1.807, 2.05) is 54.2 Å². The van der Waals surface area contributed by atoms with Crippen molar-refractivity contribution in [1.82, 2.24) is 9.97 Å². The Morgan fingerprint density at radius 2 is 1.42 bits per heavy atom. The number of fused-ring (bicyclic) bond motifs is 2. The van der Waals surface area contributed by atoms with Crippen molar-refractivity contribution in [3.05, 3.63) is 72.4 Å². The summed E-state index contributed by atoms with van der Waals surface area (Å²) in [4.78, 5) is 8.32. The van der Waals surface area contributed by atoms with Gasteiger partial charge in [0.2, 0.25) is 0 Å². The molecule has 2 nitrogen and oxygen atoms in total. The molecule has 92 valence electrons. The van der Waals surface area contributed by atoms with E-state index >= 15 is 0 Å². The summed E-state index contributed by atoms with van der Waals surface area (Å²) in [5, 5.41) is 1.20. The van der Waals surface area contributed by atoms with Crippen molar-refractivity contribution in [2.45, 2.75) is 0 Å². The summed E-state index contributed by atoms with van der Waals surface area (Å²) in [6, 6.07) is 20.2. The van der Waals surface area contributed by atoms with Crippen LogP contribution in [0, 0.1) is 0 Å². The number of nitrogens with zero attached hydrogens (tertiary/aromatic N) is 2. The zero-order valence-electron chi connectivity index (χ0n) is 10.2. The van der Waals surface area contributed by atoms with Crippen molar-refractivity contribution >= 4 is 32.5 Å². The molecule has 2 aromatic carbocycles. The minimum atomic E-state index is 1.06. The molecule has 0 bridgehead atoms. The van der Waals surface area contributed by atoms with Gasteiger partial charge in [-0.25, -0.2) is 4.98 Å². The molecule has 0 atom stereocenters. The van der Waals surface area contributed by atoms with Crippen LogP contribution in [0.15, 0.2) is 72.4 Å². The van der Waals surface area contributed by atoms with E-state index in [4.69, 9.17) is 0 Å². The summed E-state index contributed by atoms with van der Waals surface area (Å²) in [6.07, 6.45) is 1.81. The number of benzene rings is 2. The van der Waals surface area contributed by atoms with Gasteiger partial charge in [-0.15, -0.1) is 11.3 Å². The SMILES string of the molecule is c1ccc2ncccc2c1.c1ccc2scnc2c1. The van der Waals surface area contributed by atoms with Crippen LogP contribution in [0.25, 0.3) is 21.1 Å². The summed E-state index contributed by atoms with van der Waals surface area (Å²) in [6.45, 7) is 0. The van der Waals surface area contributed by atoms with Gasteiger partial charge < -0.3 is 0 Å². The van der Waals surface area contributed by atoms with E-state index in [1.165, 1.54) is 10.1 Å². The van der Waals surface area contributed by atoms with Gasteiger partial charge in [0.15, 0.2) is 0 Å². The second-order valence-corrected chi connectivity index (χ2v) is 4.90. The van der Waals surface area contributed by atoms with Crippen LogP contribution in [0.2, 0.25) is 0 Å². The highest BCUT2D eigenvalue weighted by molar-refractivity contribution is 7.16. The van der Waals surface area contributed by atoms with Crippen LogP contribution in [-0.2, 0) is 0 Å². The summed E-state index contributed by atoms with van der Waals surface area (Å²) < 4.78 is 1.26. The first-order valence-corrected chi connectivity index (χ1v) is 6.89. The fraction of sp³-hybridized carbons (Fsp3) is 0. The maximum atomic E-state index is 4.18. The molecule has 2 heterocycles. The van der Waals surface area contributed by atoms with Crippen LogP contribution < -0.4 is 0 Å². The maximum absolute atomic E-state index is 4.18. The van der Waals surface area contributed by atoms with Crippen molar-refractivity contribution in [2.24, 2.45) is 0 Å².